The van der Waals surface area contributed by atoms with Crippen LogP contribution in [-0.4, -0.2) is 36.4 Å². The monoisotopic (exact) mass is 309 g/mol. The summed E-state index contributed by atoms with van der Waals surface area (Å²) in [6.45, 7) is 0. The largest absolute Gasteiger partial charge is 0.497 e. The molecule has 0 radical (unpaired) electrons. The van der Waals surface area contributed by atoms with E-state index in [9.17, 15) is 4.79 Å². The predicted molar refractivity (Wildman–Crippen MR) is 86.0 cm³/mol. The maximum absolute atomic E-state index is 12.3. The van der Waals surface area contributed by atoms with Crippen LogP contribution >= 0.6 is 11.6 Å². The SMILES string of the molecule is COc1ccc(CCC(=O)N(C)C2CCCCC2Cl)cc1. The molecular weight excluding hydrogens is 286 g/mol. The molecule has 116 valence electrons. The second-order valence-electron chi connectivity index (χ2n) is 5.72. The van der Waals surface area contributed by atoms with Crippen molar-refractivity contribution in [3.63, 3.8) is 0 Å². The van der Waals surface area contributed by atoms with Gasteiger partial charge in [-0.1, -0.05) is 25.0 Å². The Balaban J connectivity index is 1.85. The molecule has 21 heavy (non-hydrogen) atoms. The van der Waals surface area contributed by atoms with Gasteiger partial charge in [-0.3, -0.25) is 4.79 Å². The first-order valence-corrected chi connectivity index (χ1v) is 8.08. The summed E-state index contributed by atoms with van der Waals surface area (Å²) in [4.78, 5) is 14.2. The second kappa shape index (κ2) is 7.69. The number of carbonyl (C=O) groups excluding carboxylic acids is 1. The van der Waals surface area contributed by atoms with Gasteiger partial charge in [0.25, 0.3) is 0 Å². The zero-order valence-electron chi connectivity index (χ0n) is 12.8. The first-order chi connectivity index (χ1) is 10.1. The molecule has 2 rings (SSSR count). The van der Waals surface area contributed by atoms with Crippen molar-refractivity contribution < 1.29 is 9.53 Å². The van der Waals surface area contributed by atoms with E-state index in [1.165, 1.54) is 12.8 Å². The van der Waals surface area contributed by atoms with E-state index in [4.69, 9.17) is 16.3 Å². The first kappa shape index (κ1) is 16.2. The third-order valence-corrected chi connectivity index (χ3v) is 4.83. The van der Waals surface area contributed by atoms with E-state index < -0.39 is 0 Å². The molecule has 0 aliphatic heterocycles. The summed E-state index contributed by atoms with van der Waals surface area (Å²) in [6.07, 6.45) is 5.68. The number of carbonyl (C=O) groups is 1. The summed E-state index contributed by atoms with van der Waals surface area (Å²) in [5.74, 6) is 1.03. The smallest absolute Gasteiger partial charge is 0.222 e. The Hall–Kier alpha value is -1.22. The van der Waals surface area contributed by atoms with Crippen LogP contribution in [0.5, 0.6) is 5.75 Å². The molecule has 3 nitrogen and oxygen atoms in total. The molecule has 1 aliphatic rings. The number of nitrogens with zero attached hydrogens (tertiary/aromatic N) is 1. The van der Waals surface area contributed by atoms with Gasteiger partial charge in [-0.05, 0) is 37.0 Å². The van der Waals surface area contributed by atoms with Crippen LogP contribution in [0.15, 0.2) is 24.3 Å². The highest BCUT2D eigenvalue weighted by Crippen LogP contribution is 2.27. The fourth-order valence-electron chi connectivity index (χ4n) is 2.91. The minimum Gasteiger partial charge on any atom is -0.497 e. The van der Waals surface area contributed by atoms with E-state index in [2.05, 4.69) is 0 Å². The van der Waals surface area contributed by atoms with Crippen LogP contribution in [0.3, 0.4) is 0 Å². The number of hydrogen-bond donors (Lipinski definition) is 0. The van der Waals surface area contributed by atoms with Gasteiger partial charge < -0.3 is 9.64 Å². The molecule has 0 bridgehead atoms. The zero-order chi connectivity index (χ0) is 15.2. The quantitative estimate of drug-likeness (QED) is 0.777. The van der Waals surface area contributed by atoms with Gasteiger partial charge in [-0.15, -0.1) is 11.6 Å². The Kier molecular flexibility index (Phi) is 5.92. The first-order valence-electron chi connectivity index (χ1n) is 7.64. The standard InChI is InChI=1S/C17H24ClNO2/c1-19(16-6-4-3-5-15(16)18)17(20)12-9-13-7-10-14(21-2)11-8-13/h7-8,10-11,15-16H,3-6,9,12H2,1-2H3. The molecule has 1 aromatic rings. The Morgan fingerprint density at radius 3 is 2.57 bits per heavy atom. The number of amides is 1. The van der Waals surface area contributed by atoms with E-state index in [1.54, 1.807) is 7.11 Å². The molecule has 0 heterocycles. The molecule has 0 aromatic heterocycles. The summed E-state index contributed by atoms with van der Waals surface area (Å²) in [6, 6.07) is 8.08. The Morgan fingerprint density at radius 1 is 1.29 bits per heavy atom. The van der Waals surface area contributed by atoms with Gasteiger partial charge in [0.1, 0.15) is 5.75 Å². The van der Waals surface area contributed by atoms with Gasteiger partial charge in [0.2, 0.25) is 5.91 Å². The molecule has 0 N–H and O–H groups in total. The molecule has 1 saturated carbocycles. The molecular formula is C17H24ClNO2. The number of ether oxygens (including phenoxy) is 1. The summed E-state index contributed by atoms with van der Waals surface area (Å²) in [5, 5.41) is 0.105. The van der Waals surface area contributed by atoms with Crippen LogP contribution < -0.4 is 4.74 Å². The Morgan fingerprint density at radius 2 is 1.95 bits per heavy atom. The number of alkyl halides is 1. The van der Waals surface area contributed by atoms with Crippen LogP contribution in [0.25, 0.3) is 0 Å². The summed E-state index contributed by atoms with van der Waals surface area (Å²) in [7, 11) is 3.54. The topological polar surface area (TPSA) is 29.5 Å². The van der Waals surface area contributed by atoms with Gasteiger partial charge in [-0.25, -0.2) is 0 Å². The van der Waals surface area contributed by atoms with Crippen molar-refractivity contribution in [2.75, 3.05) is 14.2 Å². The average Bonchev–Trinajstić information content (AvgIpc) is 2.53. The molecule has 1 aliphatic carbocycles. The van der Waals surface area contributed by atoms with Crippen molar-refractivity contribution in [3.05, 3.63) is 29.8 Å². The summed E-state index contributed by atoms with van der Waals surface area (Å²) < 4.78 is 5.13. The molecule has 2 atom stereocenters. The van der Waals surface area contributed by atoms with Gasteiger partial charge >= 0.3 is 0 Å². The minimum absolute atomic E-state index is 0.105. The van der Waals surface area contributed by atoms with E-state index in [1.807, 2.05) is 36.2 Å². The molecule has 0 saturated heterocycles. The lowest BCUT2D eigenvalue weighted by Gasteiger charge is -2.35. The Bertz CT molecular complexity index is 460. The van der Waals surface area contributed by atoms with Gasteiger partial charge in [0.15, 0.2) is 0 Å². The maximum Gasteiger partial charge on any atom is 0.222 e. The average molecular weight is 310 g/mol. The fraction of sp³-hybridized carbons (Fsp3) is 0.588. The minimum atomic E-state index is 0.105. The van der Waals surface area contributed by atoms with Gasteiger partial charge in [-0.2, -0.15) is 0 Å². The normalized spacial score (nSPS) is 21.9. The van der Waals surface area contributed by atoms with Crippen molar-refractivity contribution >= 4 is 17.5 Å². The van der Waals surface area contributed by atoms with Gasteiger partial charge in [0, 0.05) is 19.5 Å². The van der Waals surface area contributed by atoms with Crippen molar-refractivity contribution in [1.29, 1.82) is 0 Å². The molecule has 4 heteroatoms. The highest BCUT2D eigenvalue weighted by atomic mass is 35.5. The number of hydrogen-bond acceptors (Lipinski definition) is 2. The summed E-state index contributed by atoms with van der Waals surface area (Å²) >= 11 is 6.36. The number of halogens is 1. The van der Waals surface area contributed by atoms with Crippen LogP contribution in [0, 0.1) is 0 Å². The lowest BCUT2D eigenvalue weighted by atomic mass is 9.93. The van der Waals surface area contributed by atoms with Crippen LogP contribution in [0.1, 0.15) is 37.7 Å². The fourth-order valence-corrected chi connectivity index (χ4v) is 3.36. The van der Waals surface area contributed by atoms with E-state index in [0.29, 0.717) is 6.42 Å². The number of methoxy groups -OCH3 is 1. The third kappa shape index (κ3) is 4.37. The molecule has 2 unspecified atom stereocenters. The van der Waals surface area contributed by atoms with Crippen LogP contribution in [-0.2, 0) is 11.2 Å². The van der Waals surface area contributed by atoms with Crippen LogP contribution in [0.2, 0.25) is 0 Å². The number of benzene rings is 1. The van der Waals surface area contributed by atoms with Gasteiger partial charge in [0.05, 0.1) is 12.5 Å². The lowest BCUT2D eigenvalue weighted by molar-refractivity contribution is -0.132. The number of rotatable bonds is 5. The summed E-state index contributed by atoms with van der Waals surface area (Å²) in [5.41, 5.74) is 1.16. The zero-order valence-corrected chi connectivity index (χ0v) is 13.6. The predicted octanol–water partition coefficient (Wildman–Crippen LogP) is 3.64. The number of aryl methyl sites for hydroxylation is 1. The van der Waals surface area contributed by atoms with E-state index in [0.717, 1.165) is 30.6 Å². The molecule has 1 fully saturated rings. The van der Waals surface area contributed by atoms with Crippen LogP contribution in [0.4, 0.5) is 0 Å². The van der Waals surface area contributed by atoms with Crippen molar-refractivity contribution in [3.8, 4) is 5.75 Å². The highest BCUT2D eigenvalue weighted by Gasteiger charge is 2.28. The maximum atomic E-state index is 12.3. The van der Waals surface area contributed by atoms with E-state index in [-0.39, 0.29) is 17.3 Å². The second-order valence-corrected chi connectivity index (χ2v) is 6.28. The van der Waals surface area contributed by atoms with Crippen molar-refractivity contribution in [2.24, 2.45) is 0 Å². The van der Waals surface area contributed by atoms with E-state index >= 15 is 0 Å². The molecule has 1 amide bonds. The molecule has 1 aromatic carbocycles. The lowest BCUT2D eigenvalue weighted by Crippen LogP contribution is -2.44. The van der Waals surface area contributed by atoms with Crippen molar-refractivity contribution in [2.45, 2.75) is 49.9 Å². The molecule has 0 spiro atoms. The highest BCUT2D eigenvalue weighted by molar-refractivity contribution is 6.21. The third-order valence-electron chi connectivity index (χ3n) is 4.32. The Labute approximate surface area is 132 Å². The van der Waals surface area contributed by atoms with Crippen molar-refractivity contribution in [1.82, 2.24) is 4.90 Å².